The fourth-order valence-electron chi connectivity index (χ4n) is 2.84. The van der Waals surface area contributed by atoms with Crippen LogP contribution in [0.15, 0.2) is 35.0 Å². The molecule has 32 heavy (non-hydrogen) atoms. The maximum atomic E-state index is 12.3. The number of carbonyl (C=O) groups excluding carboxylic acids is 2. The SMILES string of the molecule is O=C(Cc1csc(COc2ccc(Cl)cc2)n1)NNC(=O)c1csc(N2CCOCC2)n1. The van der Waals surface area contributed by atoms with Crippen molar-refractivity contribution >= 4 is 51.2 Å². The van der Waals surface area contributed by atoms with Crippen molar-refractivity contribution in [1.82, 2.24) is 20.8 Å². The van der Waals surface area contributed by atoms with Gasteiger partial charge >= 0.3 is 0 Å². The van der Waals surface area contributed by atoms with Gasteiger partial charge in [0.25, 0.3) is 5.91 Å². The lowest BCUT2D eigenvalue weighted by atomic mass is 10.3. The van der Waals surface area contributed by atoms with E-state index in [1.807, 2.05) is 0 Å². The predicted molar refractivity (Wildman–Crippen MR) is 122 cm³/mol. The van der Waals surface area contributed by atoms with Gasteiger partial charge in [0, 0.05) is 28.9 Å². The Bertz CT molecular complexity index is 1070. The van der Waals surface area contributed by atoms with E-state index in [4.69, 9.17) is 21.1 Å². The molecule has 2 N–H and O–H groups in total. The molecule has 1 fully saturated rings. The van der Waals surface area contributed by atoms with Crippen LogP contribution >= 0.6 is 34.3 Å². The minimum absolute atomic E-state index is 0.0355. The first-order valence-electron chi connectivity index (χ1n) is 9.76. The summed E-state index contributed by atoms with van der Waals surface area (Å²) in [4.78, 5) is 35.3. The Morgan fingerprint density at radius 3 is 2.66 bits per heavy atom. The molecule has 0 atom stereocenters. The predicted octanol–water partition coefficient (Wildman–Crippen LogP) is 2.67. The second-order valence-electron chi connectivity index (χ2n) is 6.77. The van der Waals surface area contributed by atoms with Crippen LogP contribution in [0, 0.1) is 0 Å². The topological polar surface area (TPSA) is 106 Å². The minimum atomic E-state index is -0.468. The lowest BCUT2D eigenvalue weighted by Gasteiger charge is -2.25. The van der Waals surface area contributed by atoms with E-state index in [1.54, 1.807) is 35.0 Å². The highest BCUT2D eigenvalue weighted by atomic mass is 35.5. The van der Waals surface area contributed by atoms with Gasteiger partial charge in [-0.1, -0.05) is 11.6 Å². The number of ether oxygens (including phenoxy) is 2. The molecule has 1 aromatic carbocycles. The molecule has 0 bridgehead atoms. The largest absolute Gasteiger partial charge is 0.486 e. The van der Waals surface area contributed by atoms with E-state index in [0.717, 1.165) is 23.2 Å². The number of hydrogen-bond donors (Lipinski definition) is 2. The van der Waals surface area contributed by atoms with Crippen LogP contribution in [-0.2, 0) is 22.6 Å². The van der Waals surface area contributed by atoms with E-state index < -0.39 is 5.91 Å². The van der Waals surface area contributed by atoms with Gasteiger partial charge in [-0.15, -0.1) is 22.7 Å². The summed E-state index contributed by atoms with van der Waals surface area (Å²) in [6.07, 6.45) is 0.0355. The third kappa shape index (κ3) is 6.16. The van der Waals surface area contributed by atoms with Crippen molar-refractivity contribution in [2.75, 3.05) is 31.2 Å². The van der Waals surface area contributed by atoms with Crippen molar-refractivity contribution in [3.63, 3.8) is 0 Å². The van der Waals surface area contributed by atoms with Crippen LogP contribution in [-0.4, -0.2) is 48.1 Å². The minimum Gasteiger partial charge on any atom is -0.486 e. The number of nitrogens with zero attached hydrogens (tertiary/aromatic N) is 3. The van der Waals surface area contributed by atoms with Gasteiger partial charge in [0.15, 0.2) is 5.13 Å². The summed E-state index contributed by atoms with van der Waals surface area (Å²) in [5.41, 5.74) is 5.65. The van der Waals surface area contributed by atoms with Gasteiger partial charge in [0.1, 0.15) is 23.1 Å². The molecule has 4 rings (SSSR count). The fraction of sp³-hybridized carbons (Fsp3) is 0.300. The van der Waals surface area contributed by atoms with Crippen LogP contribution in [0.2, 0.25) is 5.02 Å². The third-order valence-corrected chi connectivity index (χ3v) is 6.46. The summed E-state index contributed by atoms with van der Waals surface area (Å²) in [7, 11) is 0. The molecule has 0 radical (unpaired) electrons. The molecule has 0 saturated carbocycles. The van der Waals surface area contributed by atoms with E-state index in [-0.39, 0.29) is 18.0 Å². The molecule has 9 nitrogen and oxygen atoms in total. The number of thiazole rings is 2. The second-order valence-corrected chi connectivity index (χ2v) is 8.98. The summed E-state index contributed by atoms with van der Waals surface area (Å²) < 4.78 is 11.0. The molecular weight excluding hydrogens is 474 g/mol. The van der Waals surface area contributed by atoms with Crippen LogP contribution < -0.4 is 20.5 Å². The average molecular weight is 494 g/mol. The molecule has 168 valence electrons. The Labute approximate surface area is 197 Å². The number of rotatable bonds is 7. The quantitative estimate of drug-likeness (QED) is 0.487. The van der Waals surface area contributed by atoms with Gasteiger partial charge in [-0.25, -0.2) is 9.97 Å². The first-order valence-corrected chi connectivity index (χ1v) is 11.9. The van der Waals surface area contributed by atoms with Gasteiger partial charge < -0.3 is 14.4 Å². The Morgan fingerprint density at radius 2 is 1.88 bits per heavy atom. The maximum Gasteiger partial charge on any atom is 0.289 e. The number of hydrazine groups is 1. The molecule has 0 unspecified atom stereocenters. The highest BCUT2D eigenvalue weighted by Gasteiger charge is 2.18. The third-order valence-electron chi connectivity index (χ3n) is 4.44. The molecule has 0 aliphatic carbocycles. The Kier molecular flexibility index (Phi) is 7.53. The molecule has 2 amide bonds. The lowest BCUT2D eigenvalue weighted by molar-refractivity contribution is -0.121. The first kappa shape index (κ1) is 22.5. The summed E-state index contributed by atoms with van der Waals surface area (Å²) in [6.45, 7) is 3.06. The molecule has 3 heterocycles. The van der Waals surface area contributed by atoms with Crippen LogP contribution in [0.4, 0.5) is 5.13 Å². The van der Waals surface area contributed by atoms with E-state index in [1.165, 1.54) is 22.7 Å². The molecule has 0 spiro atoms. The van der Waals surface area contributed by atoms with E-state index >= 15 is 0 Å². The number of carbonyl (C=O) groups is 2. The second kappa shape index (κ2) is 10.7. The average Bonchev–Trinajstić information content (AvgIpc) is 3.48. The van der Waals surface area contributed by atoms with Gasteiger partial charge in [-0.3, -0.25) is 20.4 Å². The van der Waals surface area contributed by atoms with Crippen LogP contribution in [0.25, 0.3) is 0 Å². The van der Waals surface area contributed by atoms with Crippen LogP contribution in [0.3, 0.4) is 0 Å². The highest BCUT2D eigenvalue weighted by Crippen LogP contribution is 2.21. The zero-order valence-electron chi connectivity index (χ0n) is 16.9. The van der Waals surface area contributed by atoms with Crippen molar-refractivity contribution in [2.24, 2.45) is 0 Å². The molecule has 1 aliphatic rings. The van der Waals surface area contributed by atoms with Gasteiger partial charge in [-0.2, -0.15) is 0 Å². The number of aromatic nitrogens is 2. The Balaban J connectivity index is 1.21. The van der Waals surface area contributed by atoms with Crippen molar-refractivity contribution in [3.05, 3.63) is 56.4 Å². The van der Waals surface area contributed by atoms with Crippen molar-refractivity contribution in [2.45, 2.75) is 13.0 Å². The molecule has 1 aliphatic heterocycles. The summed E-state index contributed by atoms with van der Waals surface area (Å²) in [6, 6.07) is 7.05. The fourth-order valence-corrected chi connectivity index (χ4v) is 4.53. The van der Waals surface area contributed by atoms with E-state index in [9.17, 15) is 9.59 Å². The van der Waals surface area contributed by atoms with Crippen molar-refractivity contribution in [3.8, 4) is 5.75 Å². The zero-order chi connectivity index (χ0) is 22.3. The summed E-state index contributed by atoms with van der Waals surface area (Å²) in [5.74, 6) is -0.160. The van der Waals surface area contributed by atoms with Crippen molar-refractivity contribution in [1.29, 1.82) is 0 Å². The summed E-state index contributed by atoms with van der Waals surface area (Å²) in [5, 5.41) is 5.60. The van der Waals surface area contributed by atoms with Gasteiger partial charge in [0.2, 0.25) is 5.91 Å². The lowest BCUT2D eigenvalue weighted by Crippen LogP contribution is -2.42. The number of amides is 2. The Morgan fingerprint density at radius 1 is 1.09 bits per heavy atom. The van der Waals surface area contributed by atoms with Crippen molar-refractivity contribution < 1.29 is 19.1 Å². The molecule has 1 saturated heterocycles. The normalized spacial score (nSPS) is 13.6. The molecule has 12 heteroatoms. The number of halogens is 1. The number of nitrogens with one attached hydrogen (secondary N) is 2. The summed E-state index contributed by atoms with van der Waals surface area (Å²) >= 11 is 8.64. The number of morpholine rings is 1. The van der Waals surface area contributed by atoms with Crippen LogP contribution in [0.5, 0.6) is 5.75 Å². The Hall–Kier alpha value is -2.73. The highest BCUT2D eigenvalue weighted by molar-refractivity contribution is 7.14. The van der Waals surface area contributed by atoms with Gasteiger partial charge in [-0.05, 0) is 24.3 Å². The molecular formula is C20H20ClN5O4S2. The first-order chi connectivity index (χ1) is 15.6. The molecule has 3 aromatic rings. The van der Waals surface area contributed by atoms with Gasteiger partial charge in [0.05, 0.1) is 25.3 Å². The number of benzene rings is 1. The number of hydrogen-bond acceptors (Lipinski definition) is 9. The zero-order valence-corrected chi connectivity index (χ0v) is 19.3. The van der Waals surface area contributed by atoms with Crippen LogP contribution in [0.1, 0.15) is 21.2 Å². The monoisotopic (exact) mass is 493 g/mol. The number of anilines is 1. The smallest absolute Gasteiger partial charge is 0.289 e. The molecule has 2 aromatic heterocycles. The van der Waals surface area contributed by atoms with E-state index in [0.29, 0.717) is 36.3 Å². The maximum absolute atomic E-state index is 12.3. The standard InChI is InChI=1S/C20H20ClN5O4S2/c21-13-1-3-15(4-2-13)30-10-18-22-14(11-31-18)9-17(27)24-25-19(28)16-12-32-20(23-16)26-5-7-29-8-6-26/h1-4,11-12H,5-10H2,(H,24,27)(H,25,28). The van der Waals surface area contributed by atoms with E-state index in [2.05, 4.69) is 25.7 Å².